The molecule has 1 atom stereocenters. The molecule has 11 heavy (non-hydrogen) atoms. The van der Waals surface area contributed by atoms with Gasteiger partial charge >= 0.3 is 0 Å². The quantitative estimate of drug-likeness (QED) is 0.636. The fraction of sp³-hybridized carbons (Fsp3) is 0.667. The Morgan fingerprint density at radius 3 is 2.55 bits per heavy atom. The Morgan fingerprint density at radius 2 is 2.18 bits per heavy atom. The van der Waals surface area contributed by atoms with E-state index < -0.39 is 0 Å². The zero-order valence-electron chi connectivity index (χ0n) is 7.76. The molecule has 0 radical (unpaired) electrons. The van der Waals surface area contributed by atoms with Crippen LogP contribution >= 0.6 is 0 Å². The highest BCUT2D eigenvalue weighted by Crippen LogP contribution is 2.13. The number of aromatic nitrogens is 2. The maximum absolute atomic E-state index is 4.34. The van der Waals surface area contributed by atoms with Gasteiger partial charge in [-0.25, -0.2) is 4.98 Å². The van der Waals surface area contributed by atoms with E-state index in [1.807, 2.05) is 6.92 Å². The Labute approximate surface area is 68.3 Å². The van der Waals surface area contributed by atoms with Crippen LogP contribution in [-0.4, -0.2) is 9.55 Å². The van der Waals surface area contributed by atoms with E-state index >= 15 is 0 Å². The lowest BCUT2D eigenvalue weighted by Crippen LogP contribution is -2.04. The predicted molar refractivity (Wildman–Crippen MR) is 46.7 cm³/mol. The molecule has 1 aromatic rings. The fourth-order valence-corrected chi connectivity index (χ4v) is 1.28. The Kier molecular flexibility index (Phi) is 2.32. The highest BCUT2D eigenvalue weighted by atomic mass is 15.1. The van der Waals surface area contributed by atoms with Crippen LogP contribution in [0.4, 0.5) is 0 Å². The van der Waals surface area contributed by atoms with Gasteiger partial charge in [-0.15, -0.1) is 0 Å². The summed E-state index contributed by atoms with van der Waals surface area (Å²) in [6, 6.07) is 0.580. The van der Waals surface area contributed by atoms with E-state index in [1.54, 1.807) is 0 Å². The number of rotatable bonds is 2. The summed E-state index contributed by atoms with van der Waals surface area (Å²) in [6.07, 6.45) is 3.28. The van der Waals surface area contributed by atoms with E-state index in [9.17, 15) is 0 Å². The lowest BCUT2D eigenvalue weighted by Gasteiger charge is -2.11. The van der Waals surface area contributed by atoms with Gasteiger partial charge in [0.15, 0.2) is 0 Å². The van der Waals surface area contributed by atoms with Crippen molar-refractivity contribution in [2.45, 2.75) is 40.2 Å². The van der Waals surface area contributed by atoms with E-state index in [0.717, 1.165) is 17.9 Å². The van der Waals surface area contributed by atoms with Crippen LogP contribution in [0.5, 0.6) is 0 Å². The van der Waals surface area contributed by atoms with Gasteiger partial charge < -0.3 is 4.57 Å². The van der Waals surface area contributed by atoms with Crippen LogP contribution in [0.3, 0.4) is 0 Å². The summed E-state index contributed by atoms with van der Waals surface area (Å²) in [4.78, 5) is 4.34. The first kappa shape index (κ1) is 8.31. The summed E-state index contributed by atoms with van der Waals surface area (Å²) in [6.45, 7) is 8.50. The van der Waals surface area contributed by atoms with Crippen molar-refractivity contribution in [3.8, 4) is 0 Å². The Morgan fingerprint density at radius 1 is 1.55 bits per heavy atom. The van der Waals surface area contributed by atoms with Crippen LogP contribution in [0.2, 0.25) is 0 Å². The van der Waals surface area contributed by atoms with Crippen molar-refractivity contribution in [3.63, 3.8) is 0 Å². The topological polar surface area (TPSA) is 17.8 Å². The summed E-state index contributed by atoms with van der Waals surface area (Å²) >= 11 is 0. The smallest absolute Gasteiger partial charge is 0.106 e. The minimum atomic E-state index is 0.580. The van der Waals surface area contributed by atoms with E-state index in [0.29, 0.717) is 6.04 Å². The largest absolute Gasteiger partial charge is 0.332 e. The molecule has 62 valence electrons. The molecule has 0 spiro atoms. The molecule has 0 fully saturated rings. The zero-order chi connectivity index (χ0) is 8.43. The van der Waals surface area contributed by atoms with Crippen LogP contribution in [0.25, 0.3) is 0 Å². The third kappa shape index (κ3) is 1.62. The normalized spacial score (nSPS) is 13.5. The molecule has 0 aliphatic heterocycles. The molecular formula is C9H16N2. The van der Waals surface area contributed by atoms with E-state index in [4.69, 9.17) is 0 Å². The minimum absolute atomic E-state index is 0.580. The molecular weight excluding hydrogens is 136 g/mol. The summed E-state index contributed by atoms with van der Waals surface area (Å²) < 4.78 is 2.23. The first-order chi connectivity index (χ1) is 5.15. The lowest BCUT2D eigenvalue weighted by atomic mass is 10.2. The van der Waals surface area contributed by atoms with Crippen molar-refractivity contribution in [1.29, 1.82) is 0 Å². The molecule has 0 aliphatic rings. The number of aryl methyl sites for hydroxylation is 2. The van der Waals surface area contributed by atoms with Gasteiger partial charge in [-0.2, -0.15) is 0 Å². The molecule has 2 heteroatoms. The number of hydrogen-bond donors (Lipinski definition) is 0. The second kappa shape index (κ2) is 3.07. The van der Waals surface area contributed by atoms with Gasteiger partial charge in [0.25, 0.3) is 0 Å². The molecule has 0 aliphatic carbocycles. The molecule has 1 unspecified atom stereocenters. The molecule has 0 N–H and O–H groups in total. The van der Waals surface area contributed by atoms with Gasteiger partial charge in [-0.3, -0.25) is 0 Å². The number of hydrogen-bond acceptors (Lipinski definition) is 1. The first-order valence-corrected chi connectivity index (χ1v) is 4.17. The number of nitrogens with zero attached hydrogens (tertiary/aromatic N) is 2. The van der Waals surface area contributed by atoms with E-state index in [2.05, 4.69) is 36.5 Å². The monoisotopic (exact) mass is 152 g/mol. The molecule has 0 amide bonds. The molecule has 1 rings (SSSR count). The summed E-state index contributed by atoms with van der Waals surface area (Å²) in [5.74, 6) is 1.12. The molecule has 2 nitrogen and oxygen atoms in total. The molecule has 0 aromatic carbocycles. The standard InChI is InChI=1S/C9H16N2/c1-5-8(3)11-6-7(2)10-9(11)4/h6,8H,5H2,1-4H3. The minimum Gasteiger partial charge on any atom is -0.332 e. The van der Waals surface area contributed by atoms with Crippen molar-refractivity contribution in [3.05, 3.63) is 17.7 Å². The molecule has 0 saturated carbocycles. The second-order valence-corrected chi connectivity index (χ2v) is 3.09. The molecule has 0 saturated heterocycles. The molecule has 1 heterocycles. The maximum Gasteiger partial charge on any atom is 0.106 e. The highest BCUT2D eigenvalue weighted by Gasteiger charge is 2.05. The van der Waals surface area contributed by atoms with Crippen LogP contribution in [-0.2, 0) is 0 Å². The average molecular weight is 152 g/mol. The van der Waals surface area contributed by atoms with Gasteiger partial charge in [0.1, 0.15) is 5.82 Å². The summed E-state index contributed by atoms with van der Waals surface area (Å²) in [7, 11) is 0. The third-order valence-corrected chi connectivity index (χ3v) is 2.10. The van der Waals surface area contributed by atoms with Crippen molar-refractivity contribution in [1.82, 2.24) is 9.55 Å². The SMILES string of the molecule is CCC(C)n1cc(C)nc1C. The Hall–Kier alpha value is -0.790. The van der Waals surface area contributed by atoms with E-state index in [-0.39, 0.29) is 0 Å². The first-order valence-electron chi connectivity index (χ1n) is 4.17. The van der Waals surface area contributed by atoms with Crippen molar-refractivity contribution in [2.24, 2.45) is 0 Å². The fourth-order valence-electron chi connectivity index (χ4n) is 1.28. The zero-order valence-corrected chi connectivity index (χ0v) is 7.76. The van der Waals surface area contributed by atoms with Crippen molar-refractivity contribution >= 4 is 0 Å². The Balaban J connectivity index is 2.93. The second-order valence-electron chi connectivity index (χ2n) is 3.09. The Bertz CT molecular complexity index is 238. The van der Waals surface area contributed by atoms with Gasteiger partial charge in [-0.1, -0.05) is 6.92 Å². The van der Waals surface area contributed by atoms with E-state index in [1.165, 1.54) is 0 Å². The van der Waals surface area contributed by atoms with Crippen LogP contribution in [0, 0.1) is 13.8 Å². The van der Waals surface area contributed by atoms with Crippen molar-refractivity contribution < 1.29 is 0 Å². The lowest BCUT2D eigenvalue weighted by molar-refractivity contribution is 0.518. The summed E-state index contributed by atoms with van der Waals surface area (Å²) in [5.41, 5.74) is 1.11. The van der Waals surface area contributed by atoms with Crippen LogP contribution < -0.4 is 0 Å². The van der Waals surface area contributed by atoms with Crippen LogP contribution in [0.1, 0.15) is 37.8 Å². The van der Waals surface area contributed by atoms with Gasteiger partial charge in [0.05, 0.1) is 5.69 Å². The average Bonchev–Trinajstić information content (AvgIpc) is 2.28. The maximum atomic E-state index is 4.34. The van der Waals surface area contributed by atoms with Gasteiger partial charge in [0.2, 0.25) is 0 Å². The van der Waals surface area contributed by atoms with Gasteiger partial charge in [0, 0.05) is 12.2 Å². The molecule has 1 aromatic heterocycles. The predicted octanol–water partition coefficient (Wildman–Crippen LogP) is 2.47. The van der Waals surface area contributed by atoms with Crippen LogP contribution in [0.15, 0.2) is 6.20 Å². The third-order valence-electron chi connectivity index (χ3n) is 2.10. The highest BCUT2D eigenvalue weighted by molar-refractivity contribution is 5.01. The van der Waals surface area contributed by atoms with Gasteiger partial charge in [-0.05, 0) is 27.2 Å². The summed E-state index contributed by atoms with van der Waals surface area (Å²) in [5, 5.41) is 0. The molecule has 0 bridgehead atoms. The number of imidazole rings is 1. The van der Waals surface area contributed by atoms with Crippen molar-refractivity contribution in [2.75, 3.05) is 0 Å².